The molecule has 1 aromatic carbocycles. The quantitative estimate of drug-likeness (QED) is 0.528. The van der Waals surface area contributed by atoms with E-state index in [4.69, 9.17) is 11.6 Å². The summed E-state index contributed by atoms with van der Waals surface area (Å²) < 4.78 is 1.92. The Labute approximate surface area is 190 Å². The van der Waals surface area contributed by atoms with E-state index in [2.05, 4.69) is 17.3 Å². The Bertz CT molecular complexity index is 920. The Morgan fingerprint density at radius 2 is 1.74 bits per heavy atom. The lowest BCUT2D eigenvalue weighted by Crippen LogP contribution is -2.45. The molecule has 0 saturated heterocycles. The van der Waals surface area contributed by atoms with Gasteiger partial charge in [-0.2, -0.15) is 5.10 Å². The molecule has 1 heterocycles. The molecular formula is C26H34ClN3O. The molecule has 4 nitrogen and oxygen atoms in total. The average molecular weight is 440 g/mol. The number of carbonyl (C=O) groups is 1. The highest BCUT2D eigenvalue weighted by molar-refractivity contribution is 6.30. The number of carbonyl (C=O) groups excluding carboxylic acids is 1. The van der Waals surface area contributed by atoms with Crippen LogP contribution >= 0.6 is 11.6 Å². The summed E-state index contributed by atoms with van der Waals surface area (Å²) in [4.78, 5) is 12.9. The summed E-state index contributed by atoms with van der Waals surface area (Å²) in [5.41, 5.74) is 3.51. The van der Waals surface area contributed by atoms with E-state index in [1.54, 1.807) is 0 Å². The number of aryl methyl sites for hydroxylation is 1. The summed E-state index contributed by atoms with van der Waals surface area (Å²) in [6.07, 6.45) is 9.77. The minimum absolute atomic E-state index is 0.0509. The number of benzene rings is 1. The van der Waals surface area contributed by atoms with Crippen LogP contribution in [0, 0.1) is 36.5 Å². The largest absolute Gasteiger partial charge is 0.351 e. The van der Waals surface area contributed by atoms with Crippen molar-refractivity contribution in [3.05, 3.63) is 40.5 Å². The first kappa shape index (κ1) is 21.1. The van der Waals surface area contributed by atoms with Crippen LogP contribution in [0.2, 0.25) is 5.02 Å². The Morgan fingerprint density at radius 1 is 1.10 bits per heavy atom. The molecule has 0 atom stereocenters. The zero-order valence-corrected chi connectivity index (χ0v) is 19.5. The van der Waals surface area contributed by atoms with Crippen molar-refractivity contribution in [2.45, 2.75) is 65.3 Å². The molecule has 6 rings (SSSR count). The normalized spacial score (nSPS) is 28.8. The molecule has 166 valence electrons. The number of rotatable bonds is 7. The summed E-state index contributed by atoms with van der Waals surface area (Å²) >= 11 is 6.05. The summed E-state index contributed by atoms with van der Waals surface area (Å²) in [7, 11) is 0. The molecular weight excluding hydrogens is 406 g/mol. The maximum Gasteiger partial charge on any atom is 0.272 e. The molecule has 0 unspecified atom stereocenters. The molecule has 31 heavy (non-hydrogen) atoms. The molecule has 1 N–H and O–H groups in total. The zero-order valence-electron chi connectivity index (χ0n) is 18.7. The van der Waals surface area contributed by atoms with E-state index >= 15 is 0 Å². The fourth-order valence-electron chi connectivity index (χ4n) is 7.10. The van der Waals surface area contributed by atoms with E-state index in [-0.39, 0.29) is 5.91 Å². The van der Waals surface area contributed by atoms with Crippen LogP contribution in [0.3, 0.4) is 0 Å². The van der Waals surface area contributed by atoms with Gasteiger partial charge in [0.15, 0.2) is 5.69 Å². The highest BCUT2D eigenvalue weighted by Crippen LogP contribution is 2.57. The van der Waals surface area contributed by atoms with E-state index in [1.165, 1.54) is 38.5 Å². The van der Waals surface area contributed by atoms with Crippen molar-refractivity contribution in [1.29, 1.82) is 0 Å². The molecule has 4 aliphatic rings. The molecule has 0 radical (unpaired) electrons. The Balaban J connectivity index is 1.20. The number of halogens is 1. The van der Waals surface area contributed by atoms with Crippen molar-refractivity contribution >= 4 is 17.5 Å². The lowest BCUT2D eigenvalue weighted by atomic mass is 9.51. The van der Waals surface area contributed by atoms with Gasteiger partial charge in [0, 0.05) is 29.2 Å². The third-order valence-electron chi connectivity index (χ3n) is 8.24. The van der Waals surface area contributed by atoms with Gasteiger partial charge in [0.05, 0.1) is 5.69 Å². The Hall–Kier alpha value is -1.81. The first-order valence-electron chi connectivity index (χ1n) is 12.1. The third-order valence-corrected chi connectivity index (χ3v) is 8.50. The van der Waals surface area contributed by atoms with E-state index < -0.39 is 0 Å². The maximum absolute atomic E-state index is 12.9. The number of nitrogens with one attached hydrogen (secondary N) is 1. The lowest BCUT2D eigenvalue weighted by molar-refractivity contribution is -0.0401. The second-order valence-electron chi connectivity index (χ2n) is 10.1. The number of nitrogens with zero attached hydrogens (tertiary/aromatic N) is 2. The van der Waals surface area contributed by atoms with Gasteiger partial charge in [-0.15, -0.1) is 0 Å². The predicted octanol–water partition coefficient (Wildman–Crippen LogP) is 6.11. The Kier molecular flexibility index (Phi) is 5.85. The van der Waals surface area contributed by atoms with Gasteiger partial charge in [-0.3, -0.25) is 9.48 Å². The fourth-order valence-corrected chi connectivity index (χ4v) is 7.23. The third kappa shape index (κ3) is 4.04. The van der Waals surface area contributed by atoms with E-state index in [9.17, 15) is 4.79 Å². The van der Waals surface area contributed by atoms with Crippen LogP contribution in [0.15, 0.2) is 24.3 Å². The van der Waals surface area contributed by atoms with Crippen molar-refractivity contribution in [2.75, 3.05) is 6.54 Å². The molecule has 1 amide bonds. The molecule has 5 heteroatoms. The summed E-state index contributed by atoms with van der Waals surface area (Å²) in [6, 6.07) is 7.75. The number of amides is 1. The molecule has 4 fully saturated rings. The summed E-state index contributed by atoms with van der Waals surface area (Å²) in [5, 5.41) is 8.49. The molecule has 4 aliphatic carbocycles. The van der Waals surface area contributed by atoms with Crippen LogP contribution in [0.25, 0.3) is 11.3 Å². The highest BCUT2D eigenvalue weighted by Gasteiger charge is 2.47. The van der Waals surface area contributed by atoms with Gasteiger partial charge < -0.3 is 5.32 Å². The minimum Gasteiger partial charge on any atom is -0.351 e. The SMILES string of the molecule is CCn1nc(C(=O)NCCCC2C3CC4CC(C3)CC2C4)c(C)c1-c1ccc(Cl)cc1. The van der Waals surface area contributed by atoms with Crippen LogP contribution in [-0.2, 0) is 6.54 Å². The average Bonchev–Trinajstić information content (AvgIpc) is 3.09. The van der Waals surface area contributed by atoms with E-state index in [0.29, 0.717) is 10.7 Å². The van der Waals surface area contributed by atoms with Gasteiger partial charge in [-0.05, 0) is 101 Å². The topological polar surface area (TPSA) is 46.9 Å². The van der Waals surface area contributed by atoms with Gasteiger partial charge in [-0.25, -0.2) is 0 Å². The first-order chi connectivity index (χ1) is 15.0. The second-order valence-corrected chi connectivity index (χ2v) is 10.6. The highest BCUT2D eigenvalue weighted by atomic mass is 35.5. The van der Waals surface area contributed by atoms with E-state index in [0.717, 1.165) is 65.9 Å². The molecule has 4 bridgehead atoms. The molecule has 0 spiro atoms. The van der Waals surface area contributed by atoms with Gasteiger partial charge in [0.25, 0.3) is 5.91 Å². The van der Waals surface area contributed by atoms with E-state index in [1.807, 2.05) is 35.9 Å². The minimum atomic E-state index is -0.0509. The molecule has 0 aliphatic heterocycles. The summed E-state index contributed by atoms with van der Waals surface area (Å²) in [6.45, 7) is 5.51. The second kappa shape index (κ2) is 8.61. The van der Waals surface area contributed by atoms with Gasteiger partial charge in [0.1, 0.15) is 0 Å². The maximum atomic E-state index is 12.9. The van der Waals surface area contributed by atoms with Crippen molar-refractivity contribution in [1.82, 2.24) is 15.1 Å². The summed E-state index contributed by atoms with van der Waals surface area (Å²) in [5.74, 6) is 4.86. The van der Waals surface area contributed by atoms with Crippen LogP contribution in [0.4, 0.5) is 0 Å². The van der Waals surface area contributed by atoms with Crippen LogP contribution < -0.4 is 5.32 Å². The smallest absolute Gasteiger partial charge is 0.272 e. The standard InChI is InChI=1S/C26H34ClN3O/c1-3-30-25(19-6-8-22(27)9-7-19)16(2)24(29-30)26(31)28-10-4-5-23-20-12-17-11-18(14-20)15-21(23)13-17/h6-9,17-18,20-21,23H,3-5,10-15H2,1-2H3,(H,28,31). The molecule has 2 aromatic rings. The van der Waals surface area contributed by atoms with Gasteiger partial charge in [-0.1, -0.05) is 23.7 Å². The Morgan fingerprint density at radius 3 is 2.35 bits per heavy atom. The van der Waals surface area contributed by atoms with Crippen molar-refractivity contribution in [3.8, 4) is 11.3 Å². The molecule has 4 saturated carbocycles. The van der Waals surface area contributed by atoms with Gasteiger partial charge in [0.2, 0.25) is 0 Å². The number of hydrogen-bond acceptors (Lipinski definition) is 2. The molecule has 1 aromatic heterocycles. The van der Waals surface area contributed by atoms with Crippen molar-refractivity contribution in [3.63, 3.8) is 0 Å². The number of hydrogen-bond donors (Lipinski definition) is 1. The van der Waals surface area contributed by atoms with Crippen molar-refractivity contribution < 1.29 is 4.79 Å². The first-order valence-corrected chi connectivity index (χ1v) is 12.5. The van der Waals surface area contributed by atoms with Crippen LogP contribution in [-0.4, -0.2) is 22.2 Å². The van der Waals surface area contributed by atoms with Crippen LogP contribution in [0.5, 0.6) is 0 Å². The number of aromatic nitrogens is 2. The van der Waals surface area contributed by atoms with Crippen molar-refractivity contribution in [2.24, 2.45) is 29.6 Å². The fraction of sp³-hybridized carbons (Fsp3) is 0.615. The van der Waals surface area contributed by atoms with Crippen LogP contribution in [0.1, 0.15) is 67.9 Å². The predicted molar refractivity (Wildman–Crippen MR) is 125 cm³/mol. The zero-order chi connectivity index (χ0) is 21.5. The monoisotopic (exact) mass is 439 g/mol. The van der Waals surface area contributed by atoms with Gasteiger partial charge >= 0.3 is 0 Å². The lowest BCUT2D eigenvalue weighted by Gasteiger charge is -2.54.